The van der Waals surface area contributed by atoms with Crippen molar-refractivity contribution < 1.29 is 9.84 Å². The summed E-state index contributed by atoms with van der Waals surface area (Å²) in [6.45, 7) is 3.13. The van der Waals surface area contributed by atoms with E-state index in [1.807, 2.05) is 6.26 Å². The van der Waals surface area contributed by atoms with E-state index in [-0.39, 0.29) is 6.10 Å². The van der Waals surface area contributed by atoms with Gasteiger partial charge in [-0.05, 0) is 43.6 Å². The fourth-order valence-electron chi connectivity index (χ4n) is 2.62. The van der Waals surface area contributed by atoms with Crippen LogP contribution in [0.1, 0.15) is 39.0 Å². The summed E-state index contributed by atoms with van der Waals surface area (Å²) in [6.07, 6.45) is 7.28. The van der Waals surface area contributed by atoms with Crippen LogP contribution in [0.25, 0.3) is 0 Å². The SMILES string of the molecule is C[C@@H]1CC[C@@H](O)[C@H](C2=COCCC2)C1. The molecule has 3 atom stereocenters. The maximum Gasteiger partial charge on any atom is 0.0876 e. The second kappa shape index (κ2) is 4.35. The molecule has 0 bridgehead atoms. The molecule has 2 nitrogen and oxygen atoms in total. The van der Waals surface area contributed by atoms with Crippen LogP contribution in [-0.4, -0.2) is 17.8 Å². The molecule has 1 aliphatic carbocycles. The van der Waals surface area contributed by atoms with Crippen LogP contribution in [-0.2, 0) is 4.74 Å². The molecule has 1 fully saturated rings. The van der Waals surface area contributed by atoms with Gasteiger partial charge in [0.15, 0.2) is 0 Å². The van der Waals surface area contributed by atoms with Crippen LogP contribution in [0, 0.1) is 11.8 Å². The quantitative estimate of drug-likeness (QED) is 0.698. The van der Waals surface area contributed by atoms with E-state index in [1.54, 1.807) is 0 Å². The maximum absolute atomic E-state index is 9.94. The third-order valence-corrected chi connectivity index (χ3v) is 3.51. The minimum absolute atomic E-state index is 0.126. The van der Waals surface area contributed by atoms with Gasteiger partial charge < -0.3 is 9.84 Å². The molecule has 1 aliphatic heterocycles. The van der Waals surface area contributed by atoms with E-state index >= 15 is 0 Å². The van der Waals surface area contributed by atoms with Crippen molar-refractivity contribution in [2.45, 2.75) is 45.1 Å². The first kappa shape index (κ1) is 10.0. The number of hydrogen-bond acceptors (Lipinski definition) is 2. The van der Waals surface area contributed by atoms with Crippen molar-refractivity contribution in [1.29, 1.82) is 0 Å². The Morgan fingerprint density at radius 1 is 1.43 bits per heavy atom. The molecule has 1 N–H and O–H groups in total. The lowest BCUT2D eigenvalue weighted by atomic mass is 9.75. The summed E-state index contributed by atoms with van der Waals surface area (Å²) in [4.78, 5) is 0. The van der Waals surface area contributed by atoms with Gasteiger partial charge in [-0.15, -0.1) is 0 Å². The lowest BCUT2D eigenvalue weighted by Gasteiger charge is -2.34. The van der Waals surface area contributed by atoms with Gasteiger partial charge in [-0.25, -0.2) is 0 Å². The van der Waals surface area contributed by atoms with Crippen LogP contribution in [0.5, 0.6) is 0 Å². The Morgan fingerprint density at radius 3 is 3.00 bits per heavy atom. The van der Waals surface area contributed by atoms with Crippen molar-refractivity contribution >= 4 is 0 Å². The Bertz CT molecular complexity index is 222. The second-order valence-corrected chi connectivity index (χ2v) is 4.76. The maximum atomic E-state index is 9.94. The van der Waals surface area contributed by atoms with Crippen LogP contribution in [0.15, 0.2) is 11.8 Å². The number of hydrogen-bond donors (Lipinski definition) is 1. The van der Waals surface area contributed by atoms with Crippen molar-refractivity contribution in [3.63, 3.8) is 0 Å². The van der Waals surface area contributed by atoms with Gasteiger partial charge in [-0.1, -0.05) is 6.92 Å². The molecule has 1 saturated carbocycles. The van der Waals surface area contributed by atoms with Gasteiger partial charge in [-0.3, -0.25) is 0 Å². The van der Waals surface area contributed by atoms with Crippen LogP contribution in [0.3, 0.4) is 0 Å². The molecule has 0 saturated heterocycles. The molecule has 0 spiro atoms. The summed E-state index contributed by atoms with van der Waals surface area (Å²) >= 11 is 0. The summed E-state index contributed by atoms with van der Waals surface area (Å²) < 4.78 is 5.35. The van der Waals surface area contributed by atoms with E-state index in [1.165, 1.54) is 12.0 Å². The Balaban J connectivity index is 2.03. The lowest BCUT2D eigenvalue weighted by Crippen LogP contribution is -2.30. The van der Waals surface area contributed by atoms with E-state index in [0.717, 1.165) is 38.2 Å². The molecule has 2 heteroatoms. The molecule has 0 amide bonds. The molecule has 1 heterocycles. The van der Waals surface area contributed by atoms with Gasteiger partial charge in [0.25, 0.3) is 0 Å². The Labute approximate surface area is 86.0 Å². The molecule has 0 aromatic carbocycles. The van der Waals surface area contributed by atoms with Crippen LogP contribution >= 0.6 is 0 Å². The normalized spacial score (nSPS) is 38.7. The van der Waals surface area contributed by atoms with Gasteiger partial charge in [0.05, 0.1) is 19.0 Å². The van der Waals surface area contributed by atoms with E-state index in [4.69, 9.17) is 4.74 Å². The molecule has 2 aliphatic rings. The Morgan fingerprint density at radius 2 is 2.29 bits per heavy atom. The van der Waals surface area contributed by atoms with Gasteiger partial charge >= 0.3 is 0 Å². The molecular formula is C12H20O2. The third-order valence-electron chi connectivity index (χ3n) is 3.51. The van der Waals surface area contributed by atoms with Crippen molar-refractivity contribution in [3.8, 4) is 0 Å². The molecule has 80 valence electrons. The Hall–Kier alpha value is -0.500. The standard InChI is InChI=1S/C12H20O2/c1-9-4-5-12(13)11(7-9)10-3-2-6-14-8-10/h8-9,11-13H,2-7H2,1H3/t9-,11+,12-/m1/s1. The number of aliphatic hydroxyl groups is 1. The number of aliphatic hydroxyl groups excluding tert-OH is 1. The molecule has 0 unspecified atom stereocenters. The fraction of sp³-hybridized carbons (Fsp3) is 0.833. The zero-order valence-electron chi connectivity index (χ0n) is 8.91. The van der Waals surface area contributed by atoms with E-state index in [9.17, 15) is 5.11 Å². The zero-order valence-corrected chi connectivity index (χ0v) is 8.91. The highest BCUT2D eigenvalue weighted by Crippen LogP contribution is 2.36. The highest BCUT2D eigenvalue weighted by molar-refractivity contribution is 5.09. The summed E-state index contributed by atoms with van der Waals surface area (Å²) in [5.74, 6) is 1.13. The lowest BCUT2D eigenvalue weighted by molar-refractivity contribution is 0.0620. The predicted octanol–water partition coefficient (Wildman–Crippen LogP) is 2.48. The number of ether oxygens (including phenoxy) is 1. The van der Waals surface area contributed by atoms with Gasteiger partial charge in [0.2, 0.25) is 0 Å². The highest BCUT2D eigenvalue weighted by Gasteiger charge is 2.30. The molecule has 2 rings (SSSR count). The first-order chi connectivity index (χ1) is 6.77. The molecule has 0 radical (unpaired) electrons. The Kier molecular flexibility index (Phi) is 3.12. The summed E-state index contributed by atoms with van der Waals surface area (Å²) in [7, 11) is 0. The van der Waals surface area contributed by atoms with Crippen molar-refractivity contribution in [1.82, 2.24) is 0 Å². The average molecular weight is 196 g/mol. The van der Waals surface area contributed by atoms with Gasteiger partial charge in [0, 0.05) is 5.92 Å². The van der Waals surface area contributed by atoms with Crippen molar-refractivity contribution in [2.75, 3.05) is 6.61 Å². The summed E-state index contributed by atoms with van der Waals surface area (Å²) in [6, 6.07) is 0. The number of rotatable bonds is 1. The topological polar surface area (TPSA) is 29.5 Å². The monoisotopic (exact) mass is 196 g/mol. The average Bonchev–Trinajstić information content (AvgIpc) is 2.23. The molecule has 0 aromatic rings. The van der Waals surface area contributed by atoms with Crippen LogP contribution in [0.2, 0.25) is 0 Å². The summed E-state index contributed by atoms with van der Waals surface area (Å²) in [5.41, 5.74) is 1.34. The van der Waals surface area contributed by atoms with E-state index in [0.29, 0.717) is 5.92 Å². The van der Waals surface area contributed by atoms with Gasteiger partial charge in [-0.2, -0.15) is 0 Å². The van der Waals surface area contributed by atoms with Crippen molar-refractivity contribution in [2.24, 2.45) is 11.8 Å². The molecule has 0 aromatic heterocycles. The first-order valence-corrected chi connectivity index (χ1v) is 5.76. The smallest absolute Gasteiger partial charge is 0.0876 e. The van der Waals surface area contributed by atoms with E-state index < -0.39 is 0 Å². The molecule has 14 heavy (non-hydrogen) atoms. The first-order valence-electron chi connectivity index (χ1n) is 5.76. The fourth-order valence-corrected chi connectivity index (χ4v) is 2.62. The minimum atomic E-state index is -0.126. The van der Waals surface area contributed by atoms with Crippen LogP contribution < -0.4 is 0 Å². The summed E-state index contributed by atoms with van der Waals surface area (Å²) in [5, 5.41) is 9.94. The third kappa shape index (κ3) is 2.11. The minimum Gasteiger partial charge on any atom is -0.501 e. The van der Waals surface area contributed by atoms with Gasteiger partial charge in [0.1, 0.15) is 0 Å². The van der Waals surface area contributed by atoms with Crippen LogP contribution in [0.4, 0.5) is 0 Å². The predicted molar refractivity (Wildman–Crippen MR) is 55.8 cm³/mol. The largest absolute Gasteiger partial charge is 0.501 e. The van der Waals surface area contributed by atoms with Crippen molar-refractivity contribution in [3.05, 3.63) is 11.8 Å². The highest BCUT2D eigenvalue weighted by atomic mass is 16.5. The van der Waals surface area contributed by atoms with E-state index in [2.05, 4.69) is 6.92 Å². The molecular weight excluding hydrogens is 176 g/mol. The second-order valence-electron chi connectivity index (χ2n) is 4.76. The zero-order chi connectivity index (χ0) is 9.97.